The van der Waals surface area contributed by atoms with E-state index in [4.69, 9.17) is 16.7 Å². The van der Waals surface area contributed by atoms with Gasteiger partial charge in [-0.15, -0.1) is 0 Å². The topological polar surface area (TPSA) is 55.1 Å². The molecule has 0 radical (unpaired) electrons. The van der Waals surface area contributed by atoms with Crippen molar-refractivity contribution in [1.29, 1.82) is 0 Å². The molecule has 2 rings (SSSR count). The second kappa shape index (κ2) is 5.01. The van der Waals surface area contributed by atoms with Crippen molar-refractivity contribution in [2.75, 3.05) is 0 Å². The van der Waals surface area contributed by atoms with Gasteiger partial charge in [-0.1, -0.05) is 17.7 Å². The van der Waals surface area contributed by atoms with Crippen LogP contribution >= 0.6 is 11.6 Å². The standard InChI is InChI=1S/C12H11ClN2O2/c13-10-6-11(12(16)17)15(8-10)5-3-9-2-1-4-14-7-9/h1-2,4,6-8H,3,5H2,(H,16,17). The van der Waals surface area contributed by atoms with Gasteiger partial charge in [-0.25, -0.2) is 4.79 Å². The van der Waals surface area contributed by atoms with Gasteiger partial charge in [0.25, 0.3) is 0 Å². The molecule has 2 heterocycles. The van der Waals surface area contributed by atoms with E-state index in [9.17, 15) is 4.79 Å². The first-order chi connectivity index (χ1) is 8.16. The Balaban J connectivity index is 2.11. The predicted molar refractivity (Wildman–Crippen MR) is 64.3 cm³/mol. The van der Waals surface area contributed by atoms with Crippen molar-refractivity contribution in [3.63, 3.8) is 0 Å². The molecule has 0 aliphatic rings. The van der Waals surface area contributed by atoms with Crippen molar-refractivity contribution >= 4 is 17.6 Å². The molecule has 0 aliphatic heterocycles. The molecule has 2 aromatic rings. The lowest BCUT2D eigenvalue weighted by molar-refractivity contribution is 0.0685. The first-order valence-electron chi connectivity index (χ1n) is 5.14. The van der Waals surface area contributed by atoms with E-state index in [1.807, 2.05) is 12.1 Å². The summed E-state index contributed by atoms with van der Waals surface area (Å²) in [7, 11) is 0. The molecule has 0 saturated carbocycles. The molecule has 0 amide bonds. The van der Waals surface area contributed by atoms with Crippen LogP contribution in [0.25, 0.3) is 0 Å². The number of nitrogens with zero attached hydrogens (tertiary/aromatic N) is 2. The predicted octanol–water partition coefficient (Wildman–Crippen LogP) is 2.48. The summed E-state index contributed by atoms with van der Waals surface area (Å²) in [6.07, 6.45) is 5.82. The Morgan fingerprint density at radius 2 is 2.35 bits per heavy atom. The zero-order chi connectivity index (χ0) is 12.3. The van der Waals surface area contributed by atoms with Crippen LogP contribution in [0.4, 0.5) is 0 Å². The van der Waals surface area contributed by atoms with Gasteiger partial charge in [0.2, 0.25) is 0 Å². The SMILES string of the molecule is O=C(O)c1cc(Cl)cn1CCc1cccnc1. The molecule has 5 heteroatoms. The smallest absolute Gasteiger partial charge is 0.352 e. The van der Waals surface area contributed by atoms with Gasteiger partial charge >= 0.3 is 5.97 Å². The molecule has 0 spiro atoms. The molecule has 1 N–H and O–H groups in total. The molecule has 4 nitrogen and oxygen atoms in total. The lowest BCUT2D eigenvalue weighted by atomic mass is 10.2. The fourth-order valence-corrected chi connectivity index (χ4v) is 1.86. The molecule has 17 heavy (non-hydrogen) atoms. The number of rotatable bonds is 4. The largest absolute Gasteiger partial charge is 0.477 e. The Bertz CT molecular complexity index is 523. The average molecular weight is 251 g/mol. The third-order valence-corrected chi connectivity index (χ3v) is 2.65. The maximum Gasteiger partial charge on any atom is 0.352 e. The summed E-state index contributed by atoms with van der Waals surface area (Å²) >= 11 is 5.79. The molecule has 88 valence electrons. The number of aryl methyl sites for hydroxylation is 2. The van der Waals surface area contributed by atoms with Gasteiger partial charge < -0.3 is 9.67 Å². The highest BCUT2D eigenvalue weighted by Gasteiger charge is 2.11. The van der Waals surface area contributed by atoms with Gasteiger partial charge in [-0.2, -0.15) is 0 Å². The average Bonchev–Trinajstić information content (AvgIpc) is 2.69. The summed E-state index contributed by atoms with van der Waals surface area (Å²) < 4.78 is 1.64. The maximum atomic E-state index is 11.0. The highest BCUT2D eigenvalue weighted by Crippen LogP contribution is 2.15. The Morgan fingerprint density at radius 1 is 1.53 bits per heavy atom. The number of aromatic carboxylic acids is 1. The van der Waals surface area contributed by atoms with Gasteiger partial charge in [0.15, 0.2) is 0 Å². The zero-order valence-corrected chi connectivity index (χ0v) is 9.76. The Labute approximate surface area is 103 Å². The third-order valence-electron chi connectivity index (χ3n) is 2.45. The van der Waals surface area contributed by atoms with Crippen molar-refractivity contribution in [3.8, 4) is 0 Å². The second-order valence-corrected chi connectivity index (χ2v) is 4.09. The van der Waals surface area contributed by atoms with E-state index in [1.165, 1.54) is 6.07 Å². The summed E-state index contributed by atoms with van der Waals surface area (Å²) in [5.74, 6) is -0.969. The van der Waals surface area contributed by atoms with Crippen molar-refractivity contribution in [3.05, 3.63) is 53.1 Å². The Hall–Kier alpha value is -1.81. The van der Waals surface area contributed by atoms with E-state index in [1.54, 1.807) is 23.2 Å². The van der Waals surface area contributed by atoms with Crippen LogP contribution in [0.5, 0.6) is 0 Å². The van der Waals surface area contributed by atoms with E-state index < -0.39 is 5.97 Å². The van der Waals surface area contributed by atoms with Crippen LogP contribution in [0.15, 0.2) is 36.8 Å². The number of carboxylic acids is 1. The van der Waals surface area contributed by atoms with E-state index >= 15 is 0 Å². The van der Waals surface area contributed by atoms with Crippen LogP contribution in [0.2, 0.25) is 5.02 Å². The van der Waals surface area contributed by atoms with E-state index in [2.05, 4.69) is 4.98 Å². The monoisotopic (exact) mass is 250 g/mol. The fraction of sp³-hybridized carbons (Fsp3) is 0.167. The maximum absolute atomic E-state index is 11.0. The van der Waals surface area contributed by atoms with E-state index in [-0.39, 0.29) is 5.69 Å². The van der Waals surface area contributed by atoms with Gasteiger partial charge in [-0.3, -0.25) is 4.98 Å². The summed E-state index contributed by atoms with van der Waals surface area (Å²) in [6, 6.07) is 5.27. The van der Waals surface area contributed by atoms with Crippen molar-refractivity contribution in [1.82, 2.24) is 9.55 Å². The van der Waals surface area contributed by atoms with Crippen LogP contribution in [0, 0.1) is 0 Å². The van der Waals surface area contributed by atoms with Gasteiger partial charge in [0.1, 0.15) is 5.69 Å². The van der Waals surface area contributed by atoms with Gasteiger partial charge in [0.05, 0.1) is 5.02 Å². The van der Waals surface area contributed by atoms with Crippen LogP contribution in [-0.4, -0.2) is 20.6 Å². The van der Waals surface area contributed by atoms with E-state index in [0.29, 0.717) is 11.6 Å². The van der Waals surface area contributed by atoms with E-state index in [0.717, 1.165) is 12.0 Å². The number of halogens is 1. The minimum atomic E-state index is -0.969. The van der Waals surface area contributed by atoms with Crippen LogP contribution in [0.1, 0.15) is 16.1 Å². The quantitative estimate of drug-likeness (QED) is 0.907. The molecule has 0 saturated heterocycles. The molecule has 0 aliphatic carbocycles. The lowest BCUT2D eigenvalue weighted by Gasteiger charge is -2.05. The summed E-state index contributed by atoms with van der Waals surface area (Å²) in [5, 5.41) is 9.42. The Morgan fingerprint density at radius 3 is 3.00 bits per heavy atom. The third kappa shape index (κ3) is 2.85. The number of pyridine rings is 1. The Kier molecular flexibility index (Phi) is 3.44. The normalized spacial score (nSPS) is 10.4. The lowest BCUT2D eigenvalue weighted by Crippen LogP contribution is -2.09. The fourth-order valence-electron chi connectivity index (χ4n) is 1.63. The summed E-state index contributed by atoms with van der Waals surface area (Å²) in [4.78, 5) is 15.0. The van der Waals surface area contributed by atoms with Gasteiger partial charge in [-0.05, 0) is 24.1 Å². The molecular formula is C12H11ClN2O2. The first kappa shape index (κ1) is 11.7. The molecule has 0 bridgehead atoms. The highest BCUT2D eigenvalue weighted by atomic mass is 35.5. The number of carbonyl (C=O) groups is 1. The molecule has 2 aromatic heterocycles. The second-order valence-electron chi connectivity index (χ2n) is 3.65. The molecular weight excluding hydrogens is 240 g/mol. The molecule has 0 unspecified atom stereocenters. The van der Waals surface area contributed by atoms with Crippen molar-refractivity contribution in [2.24, 2.45) is 0 Å². The molecule has 0 fully saturated rings. The zero-order valence-electron chi connectivity index (χ0n) is 9.01. The van der Waals surface area contributed by atoms with Crippen LogP contribution < -0.4 is 0 Å². The summed E-state index contributed by atoms with van der Waals surface area (Å²) in [6.45, 7) is 0.569. The highest BCUT2D eigenvalue weighted by molar-refractivity contribution is 6.30. The minimum absolute atomic E-state index is 0.207. The molecule has 0 atom stereocenters. The van der Waals surface area contributed by atoms with Crippen LogP contribution in [0.3, 0.4) is 0 Å². The summed E-state index contributed by atoms with van der Waals surface area (Å²) in [5.41, 5.74) is 1.27. The van der Waals surface area contributed by atoms with Gasteiger partial charge in [0, 0.05) is 25.1 Å². The molecule has 0 aromatic carbocycles. The number of hydrogen-bond donors (Lipinski definition) is 1. The minimum Gasteiger partial charge on any atom is -0.477 e. The number of hydrogen-bond acceptors (Lipinski definition) is 2. The number of carboxylic acid groups (broad SMARTS) is 1. The van der Waals surface area contributed by atoms with Crippen molar-refractivity contribution in [2.45, 2.75) is 13.0 Å². The van der Waals surface area contributed by atoms with Crippen molar-refractivity contribution < 1.29 is 9.90 Å². The number of aromatic nitrogens is 2. The first-order valence-corrected chi connectivity index (χ1v) is 5.52. The van der Waals surface area contributed by atoms with Crippen LogP contribution in [-0.2, 0) is 13.0 Å².